The Labute approximate surface area is 91.1 Å². The Hall–Kier alpha value is -0.830. The van der Waals surface area contributed by atoms with Gasteiger partial charge in [0.15, 0.2) is 0 Å². The number of allylic oxidation sites excluding steroid dienone is 1. The second-order valence-corrected chi connectivity index (χ2v) is 4.13. The molecule has 0 spiro atoms. The first-order valence-electron chi connectivity index (χ1n) is 5.71. The summed E-state index contributed by atoms with van der Waals surface area (Å²) in [6.45, 7) is 1.91. The van der Waals surface area contributed by atoms with Crippen LogP contribution in [0.25, 0.3) is 0 Å². The van der Waals surface area contributed by atoms with Gasteiger partial charge in [0.25, 0.3) is 0 Å². The summed E-state index contributed by atoms with van der Waals surface area (Å²) in [7, 11) is 0. The minimum Gasteiger partial charge on any atom is -0.462 e. The summed E-state index contributed by atoms with van der Waals surface area (Å²) >= 11 is 0. The van der Waals surface area contributed by atoms with Crippen molar-refractivity contribution in [3.63, 3.8) is 0 Å². The Morgan fingerprint density at radius 2 is 2.20 bits per heavy atom. The van der Waals surface area contributed by atoms with Gasteiger partial charge in [-0.3, -0.25) is 4.79 Å². The topological polar surface area (TPSA) is 46.5 Å². The molecule has 0 saturated heterocycles. The van der Waals surface area contributed by atoms with Crippen LogP contribution >= 0.6 is 0 Å². The van der Waals surface area contributed by atoms with Crippen molar-refractivity contribution in [3.05, 3.63) is 12.2 Å². The van der Waals surface area contributed by atoms with E-state index in [4.69, 9.17) is 4.74 Å². The van der Waals surface area contributed by atoms with Crippen molar-refractivity contribution in [2.24, 2.45) is 0 Å². The van der Waals surface area contributed by atoms with Crippen molar-refractivity contribution >= 4 is 5.97 Å². The van der Waals surface area contributed by atoms with E-state index in [0.717, 1.165) is 25.7 Å². The summed E-state index contributed by atoms with van der Waals surface area (Å²) in [6, 6.07) is 0. The molecule has 1 heterocycles. The Morgan fingerprint density at radius 3 is 3.00 bits per heavy atom. The lowest BCUT2D eigenvalue weighted by molar-refractivity contribution is -0.148. The van der Waals surface area contributed by atoms with Gasteiger partial charge in [0.05, 0.1) is 6.10 Å². The first kappa shape index (κ1) is 12.2. The summed E-state index contributed by atoms with van der Waals surface area (Å²) in [5.74, 6) is -0.149. The fraction of sp³-hybridized carbons (Fsp3) is 0.750. The van der Waals surface area contributed by atoms with Crippen molar-refractivity contribution in [3.8, 4) is 0 Å². The van der Waals surface area contributed by atoms with Crippen LogP contribution in [0, 0.1) is 0 Å². The normalized spacial score (nSPS) is 32.3. The Morgan fingerprint density at radius 1 is 1.40 bits per heavy atom. The summed E-state index contributed by atoms with van der Waals surface area (Å²) in [5.41, 5.74) is 0. The second kappa shape index (κ2) is 6.62. The van der Waals surface area contributed by atoms with Gasteiger partial charge in [-0.2, -0.15) is 0 Å². The largest absolute Gasteiger partial charge is 0.462 e. The van der Waals surface area contributed by atoms with E-state index in [1.54, 1.807) is 0 Å². The maximum absolute atomic E-state index is 11.3. The summed E-state index contributed by atoms with van der Waals surface area (Å²) in [4.78, 5) is 11.3. The van der Waals surface area contributed by atoms with Gasteiger partial charge in [-0.05, 0) is 32.6 Å². The van der Waals surface area contributed by atoms with Crippen LogP contribution in [-0.2, 0) is 9.53 Å². The number of hydrogen-bond donors (Lipinski definition) is 1. The van der Waals surface area contributed by atoms with Crippen LogP contribution in [0.3, 0.4) is 0 Å². The third kappa shape index (κ3) is 5.57. The molecule has 0 saturated carbocycles. The Balaban J connectivity index is 2.44. The van der Waals surface area contributed by atoms with Crippen molar-refractivity contribution in [1.82, 2.24) is 0 Å². The van der Waals surface area contributed by atoms with Crippen molar-refractivity contribution in [2.45, 2.75) is 57.7 Å². The maximum Gasteiger partial charge on any atom is 0.306 e. The molecule has 1 aliphatic rings. The van der Waals surface area contributed by atoms with Gasteiger partial charge in [0.2, 0.25) is 0 Å². The Bertz CT molecular complexity index is 223. The predicted octanol–water partition coefficient (Wildman–Crippen LogP) is 2.19. The van der Waals surface area contributed by atoms with Gasteiger partial charge >= 0.3 is 5.97 Å². The zero-order valence-electron chi connectivity index (χ0n) is 9.32. The first-order chi connectivity index (χ1) is 7.18. The van der Waals surface area contributed by atoms with E-state index in [2.05, 4.69) is 6.08 Å². The molecule has 0 radical (unpaired) electrons. The van der Waals surface area contributed by atoms with Crippen LogP contribution < -0.4 is 0 Å². The second-order valence-electron chi connectivity index (χ2n) is 4.13. The van der Waals surface area contributed by atoms with E-state index in [9.17, 15) is 9.90 Å². The van der Waals surface area contributed by atoms with Crippen molar-refractivity contribution in [1.29, 1.82) is 0 Å². The summed E-state index contributed by atoms with van der Waals surface area (Å²) in [5, 5.41) is 9.55. The molecule has 0 fully saturated rings. The van der Waals surface area contributed by atoms with E-state index in [1.165, 1.54) is 0 Å². The molecule has 1 rings (SSSR count). The highest BCUT2D eigenvalue weighted by Gasteiger charge is 2.10. The molecule has 3 nitrogen and oxygen atoms in total. The van der Waals surface area contributed by atoms with Gasteiger partial charge in [0.1, 0.15) is 6.10 Å². The van der Waals surface area contributed by atoms with Crippen molar-refractivity contribution in [2.75, 3.05) is 0 Å². The number of rotatable bonds is 0. The standard InChI is InChI=1S/C12H20O3/c1-10-6-3-2-4-7-11(13)8-5-9-12(14)15-10/h2-3,10-11,13H,4-9H2,1H3/b3-2-/t10-,11-/m1/s1. The van der Waals surface area contributed by atoms with E-state index >= 15 is 0 Å². The number of carbonyl (C=O) groups is 1. The van der Waals surface area contributed by atoms with Crippen LogP contribution in [0.5, 0.6) is 0 Å². The molecule has 1 N–H and O–H groups in total. The average molecular weight is 212 g/mol. The maximum atomic E-state index is 11.3. The quantitative estimate of drug-likeness (QED) is 0.494. The minimum absolute atomic E-state index is 0.0295. The zero-order chi connectivity index (χ0) is 11.1. The monoisotopic (exact) mass is 212 g/mol. The molecule has 0 aromatic heterocycles. The van der Waals surface area contributed by atoms with E-state index in [1.807, 2.05) is 13.0 Å². The van der Waals surface area contributed by atoms with Gasteiger partial charge in [0, 0.05) is 12.8 Å². The molecule has 0 bridgehead atoms. The summed E-state index contributed by atoms with van der Waals surface area (Å²) in [6.07, 6.45) is 8.06. The lowest BCUT2D eigenvalue weighted by atomic mass is 10.1. The molecule has 0 amide bonds. The molecule has 0 unspecified atom stereocenters. The van der Waals surface area contributed by atoms with Gasteiger partial charge in [-0.25, -0.2) is 0 Å². The highest BCUT2D eigenvalue weighted by molar-refractivity contribution is 5.69. The SMILES string of the molecule is C[C@@H]1C/C=C\CC[C@@H](O)CCCC(=O)O1. The summed E-state index contributed by atoms with van der Waals surface area (Å²) < 4.78 is 5.19. The number of aliphatic hydroxyl groups excluding tert-OH is 1. The molecule has 15 heavy (non-hydrogen) atoms. The molecule has 86 valence electrons. The van der Waals surface area contributed by atoms with Crippen molar-refractivity contribution < 1.29 is 14.6 Å². The number of aliphatic hydroxyl groups is 1. The fourth-order valence-electron chi connectivity index (χ4n) is 1.65. The smallest absolute Gasteiger partial charge is 0.306 e. The molecule has 0 aromatic rings. The average Bonchev–Trinajstić information content (AvgIpc) is 2.15. The third-order valence-corrected chi connectivity index (χ3v) is 2.55. The van der Waals surface area contributed by atoms with E-state index in [0.29, 0.717) is 12.8 Å². The molecular formula is C12H20O3. The molecule has 0 aromatic carbocycles. The molecule has 1 aliphatic heterocycles. The number of hydrogen-bond acceptors (Lipinski definition) is 3. The van der Waals surface area contributed by atoms with Crippen LogP contribution in [0.15, 0.2) is 12.2 Å². The number of ether oxygens (including phenoxy) is 1. The fourth-order valence-corrected chi connectivity index (χ4v) is 1.65. The minimum atomic E-state index is -0.278. The lowest BCUT2D eigenvalue weighted by Gasteiger charge is -2.13. The third-order valence-electron chi connectivity index (χ3n) is 2.55. The number of cyclic esters (lactones) is 1. The van der Waals surface area contributed by atoms with E-state index < -0.39 is 0 Å². The van der Waals surface area contributed by atoms with Gasteiger partial charge in [-0.15, -0.1) is 0 Å². The van der Waals surface area contributed by atoms with Crippen LogP contribution in [0.4, 0.5) is 0 Å². The lowest BCUT2D eigenvalue weighted by Crippen LogP contribution is -2.15. The van der Waals surface area contributed by atoms with E-state index in [-0.39, 0.29) is 18.2 Å². The van der Waals surface area contributed by atoms with Gasteiger partial charge < -0.3 is 9.84 Å². The first-order valence-corrected chi connectivity index (χ1v) is 5.71. The molecule has 2 atom stereocenters. The number of carbonyl (C=O) groups excluding carboxylic acids is 1. The zero-order valence-corrected chi connectivity index (χ0v) is 9.32. The predicted molar refractivity (Wildman–Crippen MR) is 58.4 cm³/mol. The molecular weight excluding hydrogens is 192 g/mol. The van der Waals surface area contributed by atoms with Crippen LogP contribution in [-0.4, -0.2) is 23.3 Å². The van der Waals surface area contributed by atoms with Crippen LogP contribution in [0.1, 0.15) is 45.4 Å². The Kier molecular flexibility index (Phi) is 5.40. The van der Waals surface area contributed by atoms with Crippen LogP contribution in [0.2, 0.25) is 0 Å². The highest BCUT2D eigenvalue weighted by atomic mass is 16.5. The van der Waals surface area contributed by atoms with Gasteiger partial charge in [-0.1, -0.05) is 12.2 Å². The molecule has 3 heteroatoms. The highest BCUT2D eigenvalue weighted by Crippen LogP contribution is 2.11. The molecule has 0 aliphatic carbocycles. The number of esters is 1.